The first kappa shape index (κ1) is 16.7. The van der Waals surface area contributed by atoms with Gasteiger partial charge in [-0.15, -0.1) is 0 Å². The van der Waals surface area contributed by atoms with E-state index in [2.05, 4.69) is 15.3 Å². The number of carbonyl (C=O) groups is 1. The van der Waals surface area contributed by atoms with Crippen LogP contribution in [0.15, 0.2) is 36.8 Å². The average Bonchev–Trinajstić information content (AvgIpc) is 2.59. The molecule has 6 heteroatoms. The topological polar surface area (TPSA) is 73.3 Å². The molecular formula is C17H21N3O3. The fourth-order valence-electron chi connectivity index (χ4n) is 1.85. The lowest BCUT2D eigenvalue weighted by molar-refractivity contribution is 0.102. The van der Waals surface area contributed by atoms with Gasteiger partial charge in [-0.2, -0.15) is 0 Å². The molecule has 2 aromatic rings. The Morgan fingerprint density at radius 1 is 1.09 bits per heavy atom. The van der Waals surface area contributed by atoms with Crippen LogP contribution in [0.3, 0.4) is 0 Å². The summed E-state index contributed by atoms with van der Waals surface area (Å²) < 4.78 is 11.4. The van der Waals surface area contributed by atoms with Crippen LogP contribution in [0.5, 0.6) is 11.5 Å². The van der Waals surface area contributed by atoms with Crippen molar-refractivity contribution >= 4 is 11.6 Å². The summed E-state index contributed by atoms with van der Waals surface area (Å²) in [7, 11) is 0. The molecule has 0 aliphatic carbocycles. The Bertz CT molecular complexity index is 632. The minimum Gasteiger partial charge on any atom is -0.490 e. The third-order valence-corrected chi connectivity index (χ3v) is 2.92. The second kappa shape index (κ2) is 8.73. The third-order valence-electron chi connectivity index (χ3n) is 2.92. The van der Waals surface area contributed by atoms with Gasteiger partial charge in [0.25, 0.3) is 5.91 Å². The highest BCUT2D eigenvalue weighted by atomic mass is 16.5. The molecule has 0 aliphatic rings. The molecule has 2 rings (SSSR count). The highest BCUT2D eigenvalue weighted by Crippen LogP contribution is 2.31. The number of anilines is 1. The van der Waals surface area contributed by atoms with Crippen LogP contribution in [0, 0.1) is 0 Å². The molecule has 0 bridgehead atoms. The van der Waals surface area contributed by atoms with Crippen LogP contribution in [0.25, 0.3) is 0 Å². The molecule has 0 atom stereocenters. The Kier molecular flexibility index (Phi) is 6.35. The predicted octanol–water partition coefficient (Wildman–Crippen LogP) is 3.31. The predicted molar refractivity (Wildman–Crippen MR) is 88.0 cm³/mol. The van der Waals surface area contributed by atoms with Crippen LogP contribution < -0.4 is 14.8 Å². The normalized spacial score (nSPS) is 10.2. The zero-order chi connectivity index (χ0) is 16.5. The van der Waals surface area contributed by atoms with E-state index in [4.69, 9.17) is 9.47 Å². The Balaban J connectivity index is 2.13. The summed E-state index contributed by atoms with van der Waals surface area (Å²) in [4.78, 5) is 20.0. The lowest BCUT2D eigenvalue weighted by Crippen LogP contribution is -2.14. The fraction of sp³-hybridized carbons (Fsp3) is 0.353. The fourth-order valence-corrected chi connectivity index (χ4v) is 1.85. The minimum atomic E-state index is -0.318. The van der Waals surface area contributed by atoms with Crippen LogP contribution in [-0.2, 0) is 0 Å². The van der Waals surface area contributed by atoms with Gasteiger partial charge in [0.05, 0.1) is 19.4 Å². The van der Waals surface area contributed by atoms with Gasteiger partial charge in [0.15, 0.2) is 11.5 Å². The second-order valence-corrected chi connectivity index (χ2v) is 4.90. The first-order valence-corrected chi connectivity index (χ1v) is 7.71. The van der Waals surface area contributed by atoms with Gasteiger partial charge >= 0.3 is 0 Å². The molecule has 6 nitrogen and oxygen atoms in total. The van der Waals surface area contributed by atoms with Crippen LogP contribution in [-0.4, -0.2) is 29.1 Å². The molecule has 0 saturated heterocycles. The van der Waals surface area contributed by atoms with Gasteiger partial charge in [0, 0.05) is 24.1 Å². The van der Waals surface area contributed by atoms with E-state index in [-0.39, 0.29) is 11.6 Å². The van der Waals surface area contributed by atoms with Gasteiger partial charge in [-0.05, 0) is 25.0 Å². The van der Waals surface area contributed by atoms with Gasteiger partial charge in [0.1, 0.15) is 5.69 Å². The number of carbonyl (C=O) groups excluding carboxylic acids is 1. The molecule has 1 N–H and O–H groups in total. The summed E-state index contributed by atoms with van der Waals surface area (Å²) in [5, 5.41) is 2.78. The van der Waals surface area contributed by atoms with Crippen LogP contribution >= 0.6 is 0 Å². The number of nitrogens with zero attached hydrogens (tertiary/aromatic N) is 2. The Morgan fingerprint density at radius 3 is 2.48 bits per heavy atom. The zero-order valence-electron chi connectivity index (χ0n) is 13.4. The molecule has 23 heavy (non-hydrogen) atoms. The van der Waals surface area contributed by atoms with Gasteiger partial charge in [0.2, 0.25) is 0 Å². The first-order valence-electron chi connectivity index (χ1n) is 7.71. The number of hydrogen-bond acceptors (Lipinski definition) is 5. The van der Waals surface area contributed by atoms with E-state index in [0.29, 0.717) is 30.4 Å². The van der Waals surface area contributed by atoms with E-state index < -0.39 is 0 Å². The molecular weight excluding hydrogens is 294 g/mol. The molecule has 0 fully saturated rings. The molecule has 0 aliphatic heterocycles. The number of hydrogen-bond donors (Lipinski definition) is 1. The quantitative estimate of drug-likeness (QED) is 0.809. The Labute approximate surface area is 135 Å². The monoisotopic (exact) mass is 315 g/mol. The van der Waals surface area contributed by atoms with Crippen molar-refractivity contribution in [3.05, 3.63) is 42.5 Å². The standard InChI is InChI=1S/C17H21N3O3/c1-3-9-22-15-6-5-13(11-16(15)23-10-4-2)20-17(21)14-12-18-7-8-19-14/h5-8,11-12H,3-4,9-10H2,1-2H3,(H,20,21). The van der Waals surface area contributed by atoms with E-state index in [1.54, 1.807) is 18.2 Å². The molecule has 1 amide bonds. The molecule has 0 spiro atoms. The second-order valence-electron chi connectivity index (χ2n) is 4.90. The smallest absolute Gasteiger partial charge is 0.275 e. The molecule has 1 heterocycles. The third kappa shape index (κ3) is 4.95. The maximum Gasteiger partial charge on any atom is 0.275 e. The van der Waals surface area contributed by atoms with Crippen molar-refractivity contribution in [2.24, 2.45) is 0 Å². The molecule has 1 aromatic carbocycles. The summed E-state index contributed by atoms with van der Waals surface area (Å²) in [6.07, 6.45) is 6.23. The summed E-state index contributed by atoms with van der Waals surface area (Å²) in [5.74, 6) is 0.983. The van der Waals surface area contributed by atoms with Crippen molar-refractivity contribution in [3.63, 3.8) is 0 Å². The van der Waals surface area contributed by atoms with Crippen molar-refractivity contribution in [3.8, 4) is 11.5 Å². The minimum absolute atomic E-state index is 0.259. The maximum absolute atomic E-state index is 12.1. The molecule has 0 unspecified atom stereocenters. The van der Waals surface area contributed by atoms with Crippen LogP contribution in [0.2, 0.25) is 0 Å². The molecule has 122 valence electrons. The summed E-state index contributed by atoms with van der Waals surface area (Å²) in [5.41, 5.74) is 0.880. The van der Waals surface area contributed by atoms with E-state index in [1.165, 1.54) is 18.6 Å². The highest BCUT2D eigenvalue weighted by molar-refractivity contribution is 6.02. The Morgan fingerprint density at radius 2 is 1.83 bits per heavy atom. The van der Waals surface area contributed by atoms with Gasteiger partial charge < -0.3 is 14.8 Å². The molecule has 1 aromatic heterocycles. The lowest BCUT2D eigenvalue weighted by atomic mass is 10.2. The largest absolute Gasteiger partial charge is 0.490 e. The summed E-state index contributed by atoms with van der Waals surface area (Å²) in [6, 6.07) is 5.33. The molecule has 0 saturated carbocycles. The number of nitrogens with one attached hydrogen (secondary N) is 1. The summed E-state index contributed by atoms with van der Waals surface area (Å²) in [6.45, 7) is 5.28. The van der Waals surface area contributed by atoms with E-state index >= 15 is 0 Å². The van der Waals surface area contributed by atoms with Gasteiger partial charge in [-0.25, -0.2) is 4.98 Å². The van der Waals surface area contributed by atoms with Gasteiger partial charge in [-0.3, -0.25) is 9.78 Å². The van der Waals surface area contributed by atoms with E-state index in [1.807, 2.05) is 13.8 Å². The van der Waals surface area contributed by atoms with Crippen molar-refractivity contribution in [2.45, 2.75) is 26.7 Å². The Hall–Kier alpha value is -2.63. The SMILES string of the molecule is CCCOc1ccc(NC(=O)c2cnccn2)cc1OCCC. The van der Waals surface area contributed by atoms with Crippen molar-refractivity contribution < 1.29 is 14.3 Å². The number of aromatic nitrogens is 2. The van der Waals surface area contributed by atoms with Crippen LogP contribution in [0.1, 0.15) is 37.2 Å². The zero-order valence-corrected chi connectivity index (χ0v) is 13.4. The first-order chi connectivity index (χ1) is 11.2. The van der Waals surface area contributed by atoms with Crippen molar-refractivity contribution in [2.75, 3.05) is 18.5 Å². The lowest BCUT2D eigenvalue weighted by Gasteiger charge is -2.14. The highest BCUT2D eigenvalue weighted by Gasteiger charge is 2.11. The average molecular weight is 315 g/mol. The van der Waals surface area contributed by atoms with E-state index in [0.717, 1.165) is 12.8 Å². The number of ether oxygens (including phenoxy) is 2. The maximum atomic E-state index is 12.1. The number of amides is 1. The van der Waals surface area contributed by atoms with Crippen molar-refractivity contribution in [1.29, 1.82) is 0 Å². The number of benzene rings is 1. The van der Waals surface area contributed by atoms with Gasteiger partial charge in [-0.1, -0.05) is 13.8 Å². The summed E-state index contributed by atoms with van der Waals surface area (Å²) >= 11 is 0. The van der Waals surface area contributed by atoms with Crippen molar-refractivity contribution in [1.82, 2.24) is 9.97 Å². The van der Waals surface area contributed by atoms with Crippen LogP contribution in [0.4, 0.5) is 5.69 Å². The number of rotatable bonds is 8. The molecule has 0 radical (unpaired) electrons. The van der Waals surface area contributed by atoms with E-state index in [9.17, 15) is 4.79 Å².